The van der Waals surface area contributed by atoms with E-state index >= 15 is 0 Å². The average Bonchev–Trinajstić information content (AvgIpc) is 3.08. The second-order valence-corrected chi connectivity index (χ2v) is 7.85. The number of aromatic nitrogens is 3. The van der Waals surface area contributed by atoms with Gasteiger partial charge in [-0.3, -0.25) is 4.79 Å². The molecule has 6 nitrogen and oxygen atoms in total. The van der Waals surface area contributed by atoms with E-state index < -0.39 is 0 Å². The topological polar surface area (TPSA) is 85.8 Å². The Labute approximate surface area is 166 Å². The number of fused-ring (bicyclic) bond motifs is 1. The van der Waals surface area contributed by atoms with Crippen LogP contribution in [0.2, 0.25) is 0 Å². The molecule has 3 N–H and O–H groups in total. The number of nitrogens with one attached hydrogen (secondary N) is 1. The Morgan fingerprint density at radius 3 is 2.39 bits per heavy atom. The molecular formula is C22H29N5O. The van der Waals surface area contributed by atoms with Crippen molar-refractivity contribution in [2.24, 2.45) is 5.73 Å². The van der Waals surface area contributed by atoms with E-state index in [4.69, 9.17) is 5.73 Å². The lowest BCUT2D eigenvalue weighted by molar-refractivity contribution is 0.0950. The quantitative estimate of drug-likeness (QED) is 0.681. The van der Waals surface area contributed by atoms with Gasteiger partial charge in [0.15, 0.2) is 5.65 Å². The fourth-order valence-electron chi connectivity index (χ4n) is 3.22. The number of hydrogen-bond acceptors (Lipinski definition) is 4. The molecule has 0 aliphatic heterocycles. The van der Waals surface area contributed by atoms with Gasteiger partial charge in [0.2, 0.25) is 0 Å². The van der Waals surface area contributed by atoms with Gasteiger partial charge in [-0.05, 0) is 43.9 Å². The minimum Gasteiger partial charge on any atom is -0.350 e. The third-order valence-electron chi connectivity index (χ3n) is 5.01. The first-order valence-electron chi connectivity index (χ1n) is 9.76. The van der Waals surface area contributed by atoms with Gasteiger partial charge in [-0.2, -0.15) is 5.10 Å². The van der Waals surface area contributed by atoms with Crippen LogP contribution >= 0.6 is 0 Å². The largest absolute Gasteiger partial charge is 0.350 e. The van der Waals surface area contributed by atoms with Gasteiger partial charge in [0.1, 0.15) is 0 Å². The molecule has 3 aromatic rings. The summed E-state index contributed by atoms with van der Waals surface area (Å²) in [5, 5.41) is 8.17. The van der Waals surface area contributed by atoms with Crippen molar-refractivity contribution in [3.05, 3.63) is 58.9 Å². The number of benzene rings is 1. The maximum atomic E-state index is 12.7. The second-order valence-electron chi connectivity index (χ2n) is 7.85. The smallest absolute Gasteiger partial charge is 0.253 e. The molecule has 0 radical (unpaired) electrons. The van der Waals surface area contributed by atoms with Gasteiger partial charge < -0.3 is 11.1 Å². The summed E-state index contributed by atoms with van der Waals surface area (Å²) in [5.41, 5.74) is 10.6. The number of carbonyl (C=O) groups excluding carboxylic acids is 1. The summed E-state index contributed by atoms with van der Waals surface area (Å²) in [5.74, 6) is 0.314. The van der Waals surface area contributed by atoms with E-state index in [0.29, 0.717) is 23.7 Å². The Kier molecular flexibility index (Phi) is 5.79. The van der Waals surface area contributed by atoms with Gasteiger partial charge in [0.05, 0.1) is 17.5 Å². The molecule has 0 aliphatic carbocycles. The zero-order valence-electron chi connectivity index (χ0n) is 17.2. The molecule has 0 saturated carbocycles. The molecule has 0 aliphatic rings. The Morgan fingerprint density at radius 2 is 1.79 bits per heavy atom. The number of aryl methyl sites for hydroxylation is 1. The van der Waals surface area contributed by atoms with E-state index in [0.717, 1.165) is 16.6 Å². The Bertz CT molecular complexity index is 973. The third-order valence-corrected chi connectivity index (χ3v) is 5.01. The van der Waals surface area contributed by atoms with Crippen molar-refractivity contribution in [2.75, 3.05) is 6.54 Å². The number of amides is 1. The summed E-state index contributed by atoms with van der Waals surface area (Å²) in [6.07, 6.45) is 1.75. The number of nitrogens with zero attached hydrogens (tertiary/aromatic N) is 3. The lowest BCUT2D eigenvalue weighted by atomic mass is 9.99. The lowest BCUT2D eigenvalue weighted by Crippen LogP contribution is -2.32. The molecule has 1 aromatic carbocycles. The van der Waals surface area contributed by atoms with Gasteiger partial charge in [-0.15, -0.1) is 0 Å². The predicted octanol–water partition coefficient (Wildman–Crippen LogP) is 3.87. The van der Waals surface area contributed by atoms with Crippen LogP contribution in [0.15, 0.2) is 36.5 Å². The van der Waals surface area contributed by atoms with Crippen LogP contribution in [0.25, 0.3) is 11.0 Å². The van der Waals surface area contributed by atoms with Gasteiger partial charge >= 0.3 is 0 Å². The van der Waals surface area contributed by atoms with Crippen LogP contribution in [0.3, 0.4) is 0 Å². The zero-order chi connectivity index (χ0) is 20.4. The second kappa shape index (κ2) is 8.10. The number of carbonyl (C=O) groups is 1. The highest BCUT2D eigenvalue weighted by molar-refractivity contribution is 5.98. The molecule has 1 unspecified atom stereocenters. The third kappa shape index (κ3) is 4.07. The standard InChI is InChI=1S/C22H29N5O/c1-13(2)16-6-8-17(9-7-16)20(23)12-24-22(28)19-10-18-11-25-27(14(3)4)21(18)26-15(19)5/h6-11,13-14,20H,12,23H2,1-5H3,(H,24,28). The van der Waals surface area contributed by atoms with Crippen LogP contribution in [0.5, 0.6) is 0 Å². The van der Waals surface area contributed by atoms with Crippen LogP contribution in [-0.2, 0) is 0 Å². The summed E-state index contributed by atoms with van der Waals surface area (Å²) in [6.45, 7) is 10.6. The minimum absolute atomic E-state index is 0.168. The summed E-state index contributed by atoms with van der Waals surface area (Å²) >= 11 is 0. The average molecular weight is 380 g/mol. The highest BCUT2D eigenvalue weighted by atomic mass is 16.1. The van der Waals surface area contributed by atoms with Crippen LogP contribution < -0.4 is 11.1 Å². The van der Waals surface area contributed by atoms with E-state index in [1.807, 2.05) is 29.8 Å². The molecule has 0 spiro atoms. The Balaban J connectivity index is 1.71. The minimum atomic E-state index is -0.258. The van der Waals surface area contributed by atoms with Crippen molar-refractivity contribution in [1.29, 1.82) is 0 Å². The fraction of sp³-hybridized carbons (Fsp3) is 0.409. The lowest BCUT2D eigenvalue weighted by Gasteiger charge is -2.15. The Morgan fingerprint density at radius 1 is 1.14 bits per heavy atom. The van der Waals surface area contributed by atoms with Gasteiger partial charge in [0.25, 0.3) is 5.91 Å². The molecule has 1 amide bonds. The molecule has 28 heavy (non-hydrogen) atoms. The summed E-state index contributed by atoms with van der Waals surface area (Å²) in [4.78, 5) is 17.3. The van der Waals surface area contributed by atoms with Crippen molar-refractivity contribution in [2.45, 2.75) is 52.6 Å². The van der Waals surface area contributed by atoms with Crippen molar-refractivity contribution in [1.82, 2.24) is 20.1 Å². The SMILES string of the molecule is Cc1nc2c(cnn2C(C)C)cc1C(=O)NCC(N)c1ccc(C(C)C)cc1. The summed E-state index contributed by atoms with van der Waals surface area (Å²) < 4.78 is 1.86. The maximum absolute atomic E-state index is 12.7. The highest BCUT2D eigenvalue weighted by Crippen LogP contribution is 2.20. The Hall–Kier alpha value is -2.73. The van der Waals surface area contributed by atoms with Crippen molar-refractivity contribution < 1.29 is 4.79 Å². The first-order chi connectivity index (χ1) is 13.3. The summed E-state index contributed by atoms with van der Waals surface area (Å²) in [6, 6.07) is 10.1. The monoisotopic (exact) mass is 379 g/mol. The van der Waals surface area contributed by atoms with Crippen molar-refractivity contribution in [3.8, 4) is 0 Å². The van der Waals surface area contributed by atoms with E-state index in [1.54, 1.807) is 6.20 Å². The molecule has 6 heteroatoms. The van der Waals surface area contributed by atoms with Crippen LogP contribution in [0.1, 0.15) is 72.9 Å². The van der Waals surface area contributed by atoms with Crippen LogP contribution in [-0.4, -0.2) is 27.2 Å². The van der Waals surface area contributed by atoms with Gasteiger partial charge in [-0.25, -0.2) is 9.67 Å². The van der Waals surface area contributed by atoms with Gasteiger partial charge in [-0.1, -0.05) is 38.1 Å². The first-order valence-corrected chi connectivity index (χ1v) is 9.76. The number of hydrogen-bond donors (Lipinski definition) is 2. The van der Waals surface area contributed by atoms with E-state index in [2.05, 4.69) is 55.2 Å². The fourth-order valence-corrected chi connectivity index (χ4v) is 3.22. The van der Waals surface area contributed by atoms with E-state index in [9.17, 15) is 4.79 Å². The van der Waals surface area contributed by atoms with Crippen molar-refractivity contribution >= 4 is 16.9 Å². The zero-order valence-corrected chi connectivity index (χ0v) is 17.2. The number of rotatable bonds is 6. The van der Waals surface area contributed by atoms with Crippen LogP contribution in [0, 0.1) is 6.92 Å². The van der Waals surface area contributed by atoms with Gasteiger partial charge in [0, 0.05) is 24.0 Å². The molecular weight excluding hydrogens is 350 g/mol. The van der Waals surface area contributed by atoms with Crippen molar-refractivity contribution in [3.63, 3.8) is 0 Å². The first kappa shape index (κ1) is 20.0. The van der Waals surface area contributed by atoms with E-state index in [-0.39, 0.29) is 18.0 Å². The molecule has 0 fully saturated rings. The molecule has 0 bridgehead atoms. The molecule has 2 aromatic heterocycles. The maximum Gasteiger partial charge on any atom is 0.253 e. The number of nitrogens with two attached hydrogens (primary N) is 1. The number of pyridine rings is 1. The normalized spacial score (nSPS) is 12.7. The molecule has 148 valence electrons. The van der Waals surface area contributed by atoms with Crippen LogP contribution in [0.4, 0.5) is 0 Å². The molecule has 2 heterocycles. The molecule has 0 saturated heterocycles. The van der Waals surface area contributed by atoms with E-state index in [1.165, 1.54) is 5.56 Å². The molecule has 1 atom stereocenters. The summed E-state index contributed by atoms with van der Waals surface area (Å²) in [7, 11) is 0. The highest BCUT2D eigenvalue weighted by Gasteiger charge is 2.16. The molecule has 3 rings (SSSR count). The predicted molar refractivity (Wildman–Crippen MR) is 112 cm³/mol.